The Kier molecular flexibility index (Phi) is 5.86. The van der Waals surface area contributed by atoms with Gasteiger partial charge < -0.3 is 10.0 Å². The van der Waals surface area contributed by atoms with Gasteiger partial charge in [0.25, 0.3) is 0 Å². The number of rotatable bonds is 8. The maximum Gasteiger partial charge on any atom is 0.331 e. The lowest BCUT2D eigenvalue weighted by molar-refractivity contribution is 0.323. The molecule has 5 nitrogen and oxygen atoms in total. The van der Waals surface area contributed by atoms with E-state index in [1.165, 1.54) is 16.7 Å². The van der Waals surface area contributed by atoms with Gasteiger partial charge in [0.2, 0.25) is 5.88 Å². The third kappa shape index (κ3) is 4.30. The molecule has 0 spiro atoms. The van der Waals surface area contributed by atoms with Crippen LogP contribution in [-0.2, 0) is 25.9 Å². The van der Waals surface area contributed by atoms with Crippen LogP contribution in [0.4, 0.5) is 0 Å². The number of hydrogen-bond donors (Lipinski definition) is 1. The van der Waals surface area contributed by atoms with Crippen molar-refractivity contribution in [3.8, 4) is 5.88 Å². The molecule has 1 aliphatic heterocycles. The van der Waals surface area contributed by atoms with Crippen molar-refractivity contribution < 1.29 is 5.11 Å². The van der Waals surface area contributed by atoms with Gasteiger partial charge in [-0.15, -0.1) is 0 Å². The molecule has 29 heavy (non-hydrogen) atoms. The zero-order chi connectivity index (χ0) is 20.2. The second kappa shape index (κ2) is 8.70. The molecule has 4 rings (SSSR count). The van der Waals surface area contributed by atoms with Crippen molar-refractivity contribution in [2.75, 3.05) is 20.1 Å². The molecule has 1 aliphatic rings. The summed E-state index contributed by atoms with van der Waals surface area (Å²) in [7, 11) is 2.14. The molecule has 0 aliphatic carbocycles. The monoisotopic (exact) mass is 391 g/mol. The van der Waals surface area contributed by atoms with Crippen LogP contribution in [-0.4, -0.2) is 39.3 Å². The number of unbranched alkanes of at least 4 members (excludes halogenated alkanes) is 1. The number of nitrogens with zero attached hydrogens (tertiary/aromatic N) is 3. The van der Waals surface area contributed by atoms with Gasteiger partial charge in [-0.3, -0.25) is 9.13 Å². The Morgan fingerprint density at radius 2 is 1.69 bits per heavy atom. The molecule has 0 fully saturated rings. The Morgan fingerprint density at radius 1 is 0.966 bits per heavy atom. The molecule has 0 radical (unpaired) electrons. The molecule has 5 heteroatoms. The maximum absolute atomic E-state index is 12.8. The number of aromatic nitrogens is 2. The van der Waals surface area contributed by atoms with Gasteiger partial charge in [0.05, 0.1) is 12.2 Å². The summed E-state index contributed by atoms with van der Waals surface area (Å²) in [6, 6.07) is 18.7. The minimum Gasteiger partial charge on any atom is -0.493 e. The number of imidazole rings is 1. The summed E-state index contributed by atoms with van der Waals surface area (Å²) in [5.41, 5.74) is 4.37. The summed E-state index contributed by atoms with van der Waals surface area (Å²) in [6.45, 7) is 3.12. The summed E-state index contributed by atoms with van der Waals surface area (Å²) >= 11 is 0. The first kappa shape index (κ1) is 19.5. The predicted octanol–water partition coefficient (Wildman–Crippen LogP) is 3.26. The second-order valence-corrected chi connectivity index (χ2v) is 7.98. The fourth-order valence-corrected chi connectivity index (χ4v) is 4.13. The van der Waals surface area contributed by atoms with Gasteiger partial charge in [-0.05, 0) is 49.5 Å². The number of aromatic hydroxyl groups is 1. The average Bonchev–Trinajstić information content (AvgIpc) is 2.98. The van der Waals surface area contributed by atoms with E-state index in [4.69, 9.17) is 0 Å². The van der Waals surface area contributed by atoms with Gasteiger partial charge in [0.15, 0.2) is 0 Å². The molecule has 0 bridgehead atoms. The predicted molar refractivity (Wildman–Crippen MR) is 116 cm³/mol. The molecule has 1 N–H and O–H groups in total. The average molecular weight is 392 g/mol. The summed E-state index contributed by atoms with van der Waals surface area (Å²) in [6.07, 6.45) is 3.54. The molecule has 0 amide bonds. The Labute approximate surface area is 171 Å². The minimum atomic E-state index is -0.0931. The smallest absolute Gasteiger partial charge is 0.331 e. The van der Waals surface area contributed by atoms with Crippen LogP contribution in [0.2, 0.25) is 0 Å². The minimum absolute atomic E-state index is 0.0931. The van der Waals surface area contributed by atoms with E-state index in [-0.39, 0.29) is 11.6 Å². The molecule has 1 aromatic heterocycles. The maximum atomic E-state index is 12.8. The number of likely N-dealkylation sites (N-methyl/N-ethyl adjacent to an activating group) is 1. The van der Waals surface area contributed by atoms with E-state index in [0.29, 0.717) is 19.5 Å². The largest absolute Gasteiger partial charge is 0.493 e. The van der Waals surface area contributed by atoms with Crippen molar-refractivity contribution in [1.82, 2.24) is 14.0 Å². The molecule has 0 saturated heterocycles. The van der Waals surface area contributed by atoms with Crippen molar-refractivity contribution in [2.24, 2.45) is 0 Å². The van der Waals surface area contributed by atoms with Crippen LogP contribution in [0.1, 0.15) is 35.2 Å². The normalized spacial score (nSPS) is 12.8. The molecular formula is C24H29N3O2. The summed E-state index contributed by atoms with van der Waals surface area (Å²) in [4.78, 5) is 15.1. The van der Waals surface area contributed by atoms with Crippen LogP contribution in [0, 0.1) is 0 Å². The zero-order valence-corrected chi connectivity index (χ0v) is 17.1. The van der Waals surface area contributed by atoms with E-state index in [1.807, 2.05) is 18.2 Å². The molecule has 2 heterocycles. The quantitative estimate of drug-likeness (QED) is 0.469. The Hall–Kier alpha value is -2.79. The van der Waals surface area contributed by atoms with Gasteiger partial charge in [0, 0.05) is 19.5 Å². The lowest BCUT2D eigenvalue weighted by Crippen LogP contribution is -2.28. The summed E-state index contributed by atoms with van der Waals surface area (Å²) < 4.78 is 3.27. The van der Waals surface area contributed by atoms with Gasteiger partial charge in [-0.2, -0.15) is 0 Å². The third-order valence-corrected chi connectivity index (χ3v) is 5.90. The van der Waals surface area contributed by atoms with E-state index in [0.717, 1.165) is 38.0 Å². The van der Waals surface area contributed by atoms with Crippen LogP contribution >= 0.6 is 0 Å². The van der Waals surface area contributed by atoms with E-state index in [9.17, 15) is 9.90 Å². The van der Waals surface area contributed by atoms with Gasteiger partial charge in [-0.25, -0.2) is 4.79 Å². The summed E-state index contributed by atoms with van der Waals surface area (Å²) in [5, 5.41) is 10.6. The number of fused-ring (bicyclic) bond motifs is 2. The van der Waals surface area contributed by atoms with E-state index >= 15 is 0 Å². The molecule has 3 aromatic rings. The van der Waals surface area contributed by atoms with Crippen LogP contribution in [0.15, 0.2) is 59.4 Å². The lowest BCUT2D eigenvalue weighted by Gasteiger charge is -2.17. The van der Waals surface area contributed by atoms with E-state index < -0.39 is 0 Å². The fourth-order valence-electron chi connectivity index (χ4n) is 4.13. The van der Waals surface area contributed by atoms with Crippen molar-refractivity contribution in [1.29, 1.82) is 0 Å². The highest BCUT2D eigenvalue weighted by Crippen LogP contribution is 2.27. The number of benzene rings is 2. The van der Waals surface area contributed by atoms with Gasteiger partial charge >= 0.3 is 5.69 Å². The zero-order valence-electron chi connectivity index (χ0n) is 17.1. The van der Waals surface area contributed by atoms with Gasteiger partial charge in [-0.1, -0.05) is 54.6 Å². The molecule has 2 aromatic carbocycles. The molecular weight excluding hydrogens is 362 g/mol. The first-order valence-electron chi connectivity index (χ1n) is 10.4. The highest BCUT2D eigenvalue weighted by molar-refractivity contribution is 5.38. The molecule has 0 saturated carbocycles. The highest BCUT2D eigenvalue weighted by Gasteiger charge is 2.24. The molecule has 0 atom stereocenters. The van der Waals surface area contributed by atoms with Gasteiger partial charge in [0.1, 0.15) is 0 Å². The molecule has 0 unspecified atom stereocenters. The Morgan fingerprint density at radius 3 is 2.48 bits per heavy atom. The van der Waals surface area contributed by atoms with Crippen LogP contribution in [0.25, 0.3) is 0 Å². The van der Waals surface area contributed by atoms with Crippen LogP contribution in [0.5, 0.6) is 5.88 Å². The van der Waals surface area contributed by atoms with Crippen LogP contribution < -0.4 is 5.69 Å². The SMILES string of the molecule is CN(CCCCn1c(O)c2n(c1=O)Cc1ccccc1C2)CCc1ccccc1. The first-order valence-corrected chi connectivity index (χ1v) is 10.4. The van der Waals surface area contributed by atoms with E-state index in [2.05, 4.69) is 48.3 Å². The topological polar surface area (TPSA) is 50.4 Å². The van der Waals surface area contributed by atoms with E-state index in [1.54, 1.807) is 9.13 Å². The highest BCUT2D eigenvalue weighted by atomic mass is 16.3. The molecule has 152 valence electrons. The fraction of sp³-hybridized carbons (Fsp3) is 0.375. The second-order valence-electron chi connectivity index (χ2n) is 7.98. The Balaban J connectivity index is 1.30. The summed E-state index contributed by atoms with van der Waals surface area (Å²) in [5.74, 6) is 0.141. The lowest BCUT2D eigenvalue weighted by atomic mass is 9.99. The van der Waals surface area contributed by atoms with Crippen molar-refractivity contribution >= 4 is 0 Å². The van der Waals surface area contributed by atoms with Crippen molar-refractivity contribution in [2.45, 2.75) is 38.8 Å². The van der Waals surface area contributed by atoms with Crippen LogP contribution in [0.3, 0.4) is 0 Å². The van der Waals surface area contributed by atoms with Crippen molar-refractivity contribution in [3.63, 3.8) is 0 Å². The first-order chi connectivity index (χ1) is 14.1. The standard InChI is InChI=1S/C24H29N3O2/c1-25(16-13-19-9-3-2-4-10-19)14-7-8-15-26-23(28)22-17-20-11-5-6-12-21(20)18-27(22)24(26)29/h2-6,9-12,28H,7-8,13-18H2,1H3. The van der Waals surface area contributed by atoms with Crippen molar-refractivity contribution in [3.05, 3.63) is 87.5 Å². The number of hydrogen-bond acceptors (Lipinski definition) is 3. The Bertz CT molecular complexity index is 1020. The third-order valence-electron chi connectivity index (χ3n) is 5.90.